The fraction of sp³-hybridized carbons (Fsp3) is 0. The van der Waals surface area contributed by atoms with E-state index in [1.54, 1.807) is 11.5 Å². The predicted molar refractivity (Wildman–Crippen MR) is 47.6 cm³/mol. The quantitative estimate of drug-likeness (QED) is 0.452. The van der Waals surface area contributed by atoms with Crippen molar-refractivity contribution in [1.29, 1.82) is 0 Å². The summed E-state index contributed by atoms with van der Waals surface area (Å²) in [5.74, 6) is -0.531. The number of nitrogens with one attached hydrogen (secondary N) is 2. The van der Waals surface area contributed by atoms with Crippen molar-refractivity contribution in [2.45, 2.75) is 0 Å². The molecule has 0 saturated carbocycles. The van der Waals surface area contributed by atoms with Crippen molar-refractivity contribution >= 4 is 16.8 Å². The van der Waals surface area contributed by atoms with Crippen LogP contribution in [-0.2, 0) is 0 Å². The van der Waals surface area contributed by atoms with Crippen molar-refractivity contribution in [2.24, 2.45) is 0 Å². The van der Waals surface area contributed by atoms with Gasteiger partial charge in [0.05, 0.1) is 0 Å². The van der Waals surface area contributed by atoms with Crippen LogP contribution in [0.25, 0.3) is 10.9 Å². The lowest BCUT2D eigenvalue weighted by Crippen LogP contribution is -2.18. The Hall–Kier alpha value is -1.81. The lowest BCUT2D eigenvalue weighted by atomic mass is 10.2. The van der Waals surface area contributed by atoms with E-state index in [1.807, 2.05) is 24.3 Å². The third-order valence-corrected chi connectivity index (χ3v) is 1.88. The molecule has 2 rings (SSSR count). The summed E-state index contributed by atoms with van der Waals surface area (Å²) in [6.45, 7) is 0. The SMILES string of the molecule is O=C(NO)c1cc2ccccc2[nH]1. The Morgan fingerprint density at radius 2 is 2.15 bits per heavy atom. The highest BCUT2D eigenvalue weighted by Gasteiger charge is 2.06. The number of H-pyrrole nitrogens is 1. The van der Waals surface area contributed by atoms with E-state index in [1.165, 1.54) is 0 Å². The number of fused-ring (bicyclic) bond motifs is 1. The molecule has 0 aliphatic carbocycles. The Labute approximate surface area is 74.1 Å². The van der Waals surface area contributed by atoms with Crippen LogP contribution < -0.4 is 5.48 Å². The number of amides is 1. The molecule has 0 spiro atoms. The van der Waals surface area contributed by atoms with Gasteiger partial charge in [-0.3, -0.25) is 10.0 Å². The van der Waals surface area contributed by atoms with Crippen molar-refractivity contribution in [3.8, 4) is 0 Å². The molecule has 66 valence electrons. The summed E-state index contributed by atoms with van der Waals surface area (Å²) in [5.41, 5.74) is 2.80. The summed E-state index contributed by atoms with van der Waals surface area (Å²) in [5, 5.41) is 9.34. The molecule has 3 N–H and O–H groups in total. The Morgan fingerprint density at radius 1 is 1.38 bits per heavy atom. The first-order valence-corrected chi connectivity index (χ1v) is 3.83. The zero-order chi connectivity index (χ0) is 9.26. The van der Waals surface area contributed by atoms with Gasteiger partial charge in [0.2, 0.25) is 0 Å². The monoisotopic (exact) mass is 176 g/mol. The molecule has 4 nitrogen and oxygen atoms in total. The van der Waals surface area contributed by atoms with Crippen molar-refractivity contribution in [1.82, 2.24) is 10.5 Å². The number of aromatic amines is 1. The van der Waals surface area contributed by atoms with Gasteiger partial charge in [0.1, 0.15) is 5.69 Å². The number of carbonyl (C=O) groups excluding carboxylic acids is 1. The van der Waals surface area contributed by atoms with Gasteiger partial charge < -0.3 is 4.98 Å². The number of hydrogen-bond acceptors (Lipinski definition) is 2. The van der Waals surface area contributed by atoms with Gasteiger partial charge in [0.15, 0.2) is 0 Å². The molecule has 2 aromatic rings. The van der Waals surface area contributed by atoms with Gasteiger partial charge in [-0.1, -0.05) is 18.2 Å². The number of carbonyl (C=O) groups is 1. The van der Waals surface area contributed by atoms with Crippen LogP contribution in [0.3, 0.4) is 0 Å². The summed E-state index contributed by atoms with van der Waals surface area (Å²) < 4.78 is 0. The Kier molecular flexibility index (Phi) is 1.75. The maximum atomic E-state index is 11.0. The molecule has 0 saturated heterocycles. The molecular formula is C9H8N2O2. The predicted octanol–water partition coefficient (Wildman–Crippen LogP) is 1.29. The average Bonchev–Trinajstić information content (AvgIpc) is 2.59. The smallest absolute Gasteiger partial charge is 0.291 e. The number of rotatable bonds is 1. The maximum absolute atomic E-state index is 11.0. The fourth-order valence-corrected chi connectivity index (χ4v) is 1.26. The normalized spacial score (nSPS) is 10.2. The van der Waals surface area contributed by atoms with Crippen molar-refractivity contribution in [3.63, 3.8) is 0 Å². The Balaban J connectivity index is 2.56. The first kappa shape index (κ1) is 7.82. The minimum atomic E-state index is -0.531. The zero-order valence-electron chi connectivity index (χ0n) is 6.74. The van der Waals surface area contributed by atoms with Crippen LogP contribution in [0.15, 0.2) is 30.3 Å². The molecule has 0 atom stereocenters. The van der Waals surface area contributed by atoms with Gasteiger partial charge in [0.25, 0.3) is 5.91 Å². The van der Waals surface area contributed by atoms with E-state index in [9.17, 15) is 4.79 Å². The first-order chi connectivity index (χ1) is 6.31. The van der Waals surface area contributed by atoms with E-state index in [2.05, 4.69) is 4.98 Å². The lowest BCUT2D eigenvalue weighted by Gasteiger charge is -1.91. The van der Waals surface area contributed by atoms with Crippen LogP contribution in [0.1, 0.15) is 10.5 Å². The molecule has 0 fully saturated rings. The van der Waals surface area contributed by atoms with Crippen LogP contribution in [0.2, 0.25) is 0 Å². The summed E-state index contributed by atoms with van der Waals surface area (Å²) in [6.07, 6.45) is 0. The standard InChI is InChI=1S/C9H8N2O2/c12-9(11-13)8-5-6-3-1-2-4-7(6)10-8/h1-5,10,13H,(H,11,12). The van der Waals surface area contributed by atoms with Crippen molar-refractivity contribution in [3.05, 3.63) is 36.0 Å². The van der Waals surface area contributed by atoms with Crippen LogP contribution in [-0.4, -0.2) is 16.1 Å². The van der Waals surface area contributed by atoms with Gasteiger partial charge in [-0.05, 0) is 12.1 Å². The fourth-order valence-electron chi connectivity index (χ4n) is 1.26. The number of hydrogen-bond donors (Lipinski definition) is 3. The highest BCUT2D eigenvalue weighted by molar-refractivity contribution is 5.97. The number of hydroxylamine groups is 1. The number of benzene rings is 1. The minimum Gasteiger partial charge on any atom is -0.350 e. The topological polar surface area (TPSA) is 65.1 Å². The maximum Gasteiger partial charge on any atom is 0.291 e. The third kappa shape index (κ3) is 1.27. The Bertz CT molecular complexity index is 415. The molecule has 0 bridgehead atoms. The highest BCUT2D eigenvalue weighted by atomic mass is 16.5. The summed E-state index contributed by atoms with van der Waals surface area (Å²) in [4.78, 5) is 13.9. The van der Waals surface area contributed by atoms with Crippen molar-refractivity contribution < 1.29 is 10.0 Å². The summed E-state index contributed by atoms with van der Waals surface area (Å²) in [7, 11) is 0. The average molecular weight is 176 g/mol. The second-order valence-electron chi connectivity index (χ2n) is 2.71. The van der Waals surface area contributed by atoms with E-state index in [0.717, 1.165) is 10.9 Å². The minimum absolute atomic E-state index is 0.351. The molecule has 1 aromatic heterocycles. The summed E-state index contributed by atoms with van der Waals surface area (Å²) >= 11 is 0. The number of aromatic nitrogens is 1. The Morgan fingerprint density at radius 3 is 2.85 bits per heavy atom. The van der Waals surface area contributed by atoms with E-state index in [0.29, 0.717) is 5.69 Å². The van der Waals surface area contributed by atoms with Crippen LogP contribution in [0.4, 0.5) is 0 Å². The molecule has 0 unspecified atom stereocenters. The second kappa shape index (κ2) is 2.91. The van der Waals surface area contributed by atoms with Crippen LogP contribution >= 0.6 is 0 Å². The number of para-hydroxylation sites is 1. The third-order valence-electron chi connectivity index (χ3n) is 1.88. The largest absolute Gasteiger partial charge is 0.350 e. The van der Waals surface area contributed by atoms with E-state index in [-0.39, 0.29) is 0 Å². The van der Waals surface area contributed by atoms with Gasteiger partial charge in [-0.15, -0.1) is 0 Å². The molecule has 0 aliphatic heterocycles. The van der Waals surface area contributed by atoms with Gasteiger partial charge in [0, 0.05) is 10.9 Å². The van der Waals surface area contributed by atoms with Gasteiger partial charge in [-0.2, -0.15) is 0 Å². The molecule has 0 aliphatic rings. The molecule has 13 heavy (non-hydrogen) atoms. The molecule has 0 radical (unpaired) electrons. The molecule has 1 amide bonds. The molecule has 1 heterocycles. The lowest BCUT2D eigenvalue weighted by molar-refractivity contribution is 0.0701. The van der Waals surface area contributed by atoms with Crippen LogP contribution in [0, 0.1) is 0 Å². The first-order valence-electron chi connectivity index (χ1n) is 3.83. The molecule has 4 heteroatoms. The molecule has 1 aromatic carbocycles. The van der Waals surface area contributed by atoms with Gasteiger partial charge in [-0.25, -0.2) is 5.48 Å². The summed E-state index contributed by atoms with van der Waals surface area (Å²) in [6, 6.07) is 9.20. The van der Waals surface area contributed by atoms with E-state index < -0.39 is 5.91 Å². The second-order valence-corrected chi connectivity index (χ2v) is 2.71. The van der Waals surface area contributed by atoms with Crippen molar-refractivity contribution in [2.75, 3.05) is 0 Å². The van der Waals surface area contributed by atoms with E-state index >= 15 is 0 Å². The van der Waals surface area contributed by atoms with E-state index in [4.69, 9.17) is 5.21 Å². The highest BCUT2D eigenvalue weighted by Crippen LogP contribution is 2.13. The zero-order valence-corrected chi connectivity index (χ0v) is 6.74. The van der Waals surface area contributed by atoms with Gasteiger partial charge >= 0.3 is 0 Å². The molecular weight excluding hydrogens is 168 g/mol. The van der Waals surface area contributed by atoms with Crippen LogP contribution in [0.5, 0.6) is 0 Å².